The van der Waals surface area contributed by atoms with Crippen molar-refractivity contribution in [3.05, 3.63) is 150 Å². The molecule has 0 saturated heterocycles. The zero-order chi connectivity index (χ0) is 33.9. The minimum absolute atomic E-state index is 0.0881. The van der Waals surface area contributed by atoms with Gasteiger partial charge in [0.15, 0.2) is 0 Å². The lowest BCUT2D eigenvalue weighted by atomic mass is 10.0. The Morgan fingerprint density at radius 3 is 1.73 bits per heavy atom. The molecule has 0 aromatic heterocycles. The maximum Gasteiger partial charge on any atom is 0.272 e. The first-order valence-electron chi connectivity index (χ1n) is 15.2. The van der Waals surface area contributed by atoms with Gasteiger partial charge < -0.3 is 21.3 Å². The van der Waals surface area contributed by atoms with Crippen molar-refractivity contribution in [1.29, 1.82) is 0 Å². The molecule has 4 amide bonds. The third-order valence-corrected chi connectivity index (χ3v) is 8.24. The molecule has 5 aromatic rings. The molecule has 0 bridgehead atoms. The van der Waals surface area contributed by atoms with Gasteiger partial charge in [0, 0.05) is 34.4 Å². The number of amides is 4. The number of anilines is 3. The largest absolute Gasteiger partial charge is 0.326 e. The molecule has 5 rings (SSSR count). The highest BCUT2D eigenvalue weighted by atomic mass is 32.2. The Bertz CT molecular complexity index is 1910. The first-order valence-corrected chi connectivity index (χ1v) is 16.1. The number of thioether (sulfide) groups is 1. The topological polar surface area (TPSA) is 116 Å². The standard InChI is InChI=1S/C39H34N4O4S/c1-26(37(45)41-33-19-17-32(18-20-33)40-27(2)44)48-35-23-21-34(22-24-35)42-39(47)36(43-38(46)31-11-7-4-8-12-31)25-28-13-15-30(16-14-28)29-9-5-3-6-10-29/h3-26H,1-2H3,(H,40,44)(H,41,45)(H,42,47)(H,43,46)/b36-25-. The van der Waals surface area contributed by atoms with Crippen LogP contribution >= 0.6 is 11.8 Å². The molecular weight excluding hydrogens is 621 g/mol. The van der Waals surface area contributed by atoms with Crippen molar-refractivity contribution < 1.29 is 19.2 Å². The van der Waals surface area contributed by atoms with Gasteiger partial charge in [-0.1, -0.05) is 72.8 Å². The molecule has 5 aromatic carbocycles. The molecular formula is C39H34N4O4S. The van der Waals surface area contributed by atoms with Crippen molar-refractivity contribution in [3.63, 3.8) is 0 Å². The summed E-state index contributed by atoms with van der Waals surface area (Å²) in [5, 5.41) is 10.8. The molecule has 4 N–H and O–H groups in total. The second-order valence-electron chi connectivity index (χ2n) is 10.9. The summed E-state index contributed by atoms with van der Waals surface area (Å²) in [6.07, 6.45) is 1.64. The number of hydrogen-bond donors (Lipinski definition) is 4. The van der Waals surface area contributed by atoms with Crippen LogP contribution in [0.15, 0.2) is 144 Å². The lowest BCUT2D eigenvalue weighted by Crippen LogP contribution is -2.30. The molecule has 0 fully saturated rings. The quantitative estimate of drug-likeness (QED) is 0.0856. The molecule has 0 spiro atoms. The number of benzene rings is 5. The van der Waals surface area contributed by atoms with Gasteiger partial charge >= 0.3 is 0 Å². The van der Waals surface area contributed by atoms with Crippen LogP contribution in [0.3, 0.4) is 0 Å². The van der Waals surface area contributed by atoms with E-state index in [1.807, 2.05) is 72.8 Å². The van der Waals surface area contributed by atoms with Crippen LogP contribution in [0.2, 0.25) is 0 Å². The normalized spacial score (nSPS) is 11.6. The van der Waals surface area contributed by atoms with Crippen LogP contribution in [0.1, 0.15) is 29.8 Å². The Labute approximate surface area is 283 Å². The lowest BCUT2D eigenvalue weighted by molar-refractivity contribution is -0.115. The SMILES string of the molecule is CC(=O)Nc1ccc(NC(=O)C(C)Sc2ccc(NC(=O)/C(=C/c3ccc(-c4ccccc4)cc3)NC(=O)c3ccccc3)cc2)cc1. The smallest absolute Gasteiger partial charge is 0.272 e. The van der Waals surface area contributed by atoms with E-state index in [1.54, 1.807) is 73.7 Å². The summed E-state index contributed by atoms with van der Waals surface area (Å²) >= 11 is 1.37. The summed E-state index contributed by atoms with van der Waals surface area (Å²) in [7, 11) is 0. The summed E-state index contributed by atoms with van der Waals surface area (Å²) in [5.41, 5.74) is 5.17. The van der Waals surface area contributed by atoms with E-state index in [4.69, 9.17) is 0 Å². The van der Waals surface area contributed by atoms with E-state index in [9.17, 15) is 19.2 Å². The molecule has 9 heteroatoms. The van der Waals surface area contributed by atoms with Gasteiger partial charge in [0.05, 0.1) is 5.25 Å². The second-order valence-corrected chi connectivity index (χ2v) is 12.3. The number of hydrogen-bond acceptors (Lipinski definition) is 5. The van der Waals surface area contributed by atoms with Gasteiger partial charge in [0.25, 0.3) is 11.8 Å². The fourth-order valence-electron chi connectivity index (χ4n) is 4.67. The van der Waals surface area contributed by atoms with Crippen molar-refractivity contribution in [2.45, 2.75) is 24.0 Å². The van der Waals surface area contributed by atoms with Gasteiger partial charge in [-0.05, 0) is 90.4 Å². The van der Waals surface area contributed by atoms with Crippen LogP contribution in [-0.2, 0) is 14.4 Å². The Hall–Kier alpha value is -5.93. The van der Waals surface area contributed by atoms with Gasteiger partial charge in [0.1, 0.15) is 5.70 Å². The molecule has 8 nitrogen and oxygen atoms in total. The van der Waals surface area contributed by atoms with Crippen molar-refractivity contribution in [1.82, 2.24) is 5.32 Å². The van der Waals surface area contributed by atoms with E-state index in [0.29, 0.717) is 22.6 Å². The molecule has 0 heterocycles. The summed E-state index contributed by atoms with van der Waals surface area (Å²) in [6.45, 7) is 3.24. The molecule has 0 radical (unpaired) electrons. The molecule has 240 valence electrons. The molecule has 0 aliphatic heterocycles. The van der Waals surface area contributed by atoms with Crippen molar-refractivity contribution in [3.8, 4) is 11.1 Å². The van der Waals surface area contributed by atoms with E-state index in [1.165, 1.54) is 18.7 Å². The van der Waals surface area contributed by atoms with Crippen molar-refractivity contribution in [2.75, 3.05) is 16.0 Å². The van der Waals surface area contributed by atoms with E-state index < -0.39 is 17.1 Å². The van der Waals surface area contributed by atoms with Crippen molar-refractivity contribution >= 4 is 58.5 Å². The van der Waals surface area contributed by atoms with Gasteiger partial charge in [0.2, 0.25) is 11.8 Å². The molecule has 1 atom stereocenters. The maximum atomic E-state index is 13.5. The minimum atomic E-state index is -0.482. The Morgan fingerprint density at radius 2 is 1.12 bits per heavy atom. The van der Waals surface area contributed by atoms with Crippen molar-refractivity contribution in [2.24, 2.45) is 0 Å². The van der Waals surface area contributed by atoms with Gasteiger partial charge in [-0.25, -0.2) is 0 Å². The van der Waals surface area contributed by atoms with Crippen LogP contribution in [0.5, 0.6) is 0 Å². The van der Waals surface area contributed by atoms with Crippen LogP contribution < -0.4 is 21.3 Å². The van der Waals surface area contributed by atoms with E-state index >= 15 is 0 Å². The Kier molecular flexibility index (Phi) is 11.2. The van der Waals surface area contributed by atoms with Crippen LogP contribution in [-0.4, -0.2) is 28.9 Å². The van der Waals surface area contributed by atoms with Crippen LogP contribution in [0.25, 0.3) is 17.2 Å². The summed E-state index contributed by atoms with van der Waals surface area (Å²) < 4.78 is 0. The summed E-state index contributed by atoms with van der Waals surface area (Å²) in [5.74, 6) is -1.23. The zero-order valence-corrected chi connectivity index (χ0v) is 27.2. The molecule has 0 saturated carbocycles. The molecule has 0 aliphatic carbocycles. The fourth-order valence-corrected chi connectivity index (χ4v) is 5.54. The van der Waals surface area contributed by atoms with Crippen LogP contribution in [0, 0.1) is 0 Å². The van der Waals surface area contributed by atoms with Gasteiger partial charge in [-0.15, -0.1) is 11.8 Å². The summed E-state index contributed by atoms with van der Waals surface area (Å²) in [4.78, 5) is 51.4. The fraction of sp³-hybridized carbons (Fsp3) is 0.0769. The van der Waals surface area contributed by atoms with Crippen LogP contribution in [0.4, 0.5) is 17.1 Å². The first-order chi connectivity index (χ1) is 23.2. The minimum Gasteiger partial charge on any atom is -0.326 e. The lowest BCUT2D eigenvalue weighted by Gasteiger charge is -2.14. The number of nitrogens with one attached hydrogen (secondary N) is 4. The monoisotopic (exact) mass is 654 g/mol. The van der Waals surface area contributed by atoms with E-state index in [0.717, 1.165) is 21.6 Å². The molecule has 0 aliphatic rings. The first kappa shape index (κ1) is 33.4. The Balaban J connectivity index is 1.24. The third kappa shape index (κ3) is 9.54. The van der Waals surface area contributed by atoms with E-state index in [2.05, 4.69) is 21.3 Å². The average Bonchev–Trinajstić information content (AvgIpc) is 3.10. The maximum absolute atomic E-state index is 13.5. The third-order valence-electron chi connectivity index (χ3n) is 7.12. The number of rotatable bonds is 11. The number of carbonyl (C=O) groups excluding carboxylic acids is 4. The number of carbonyl (C=O) groups is 4. The van der Waals surface area contributed by atoms with E-state index in [-0.39, 0.29) is 17.5 Å². The highest BCUT2D eigenvalue weighted by Gasteiger charge is 2.17. The molecule has 1 unspecified atom stereocenters. The highest BCUT2D eigenvalue weighted by Crippen LogP contribution is 2.26. The molecule has 48 heavy (non-hydrogen) atoms. The highest BCUT2D eigenvalue weighted by molar-refractivity contribution is 8.00. The van der Waals surface area contributed by atoms with Gasteiger partial charge in [-0.2, -0.15) is 0 Å². The zero-order valence-electron chi connectivity index (χ0n) is 26.4. The second kappa shape index (κ2) is 16.1. The predicted octanol–water partition coefficient (Wildman–Crippen LogP) is 7.84. The Morgan fingerprint density at radius 1 is 0.604 bits per heavy atom. The predicted molar refractivity (Wildman–Crippen MR) is 194 cm³/mol. The average molecular weight is 655 g/mol. The van der Waals surface area contributed by atoms with Gasteiger partial charge in [-0.3, -0.25) is 19.2 Å². The summed E-state index contributed by atoms with van der Waals surface area (Å²) in [6, 6.07) is 40.4.